The van der Waals surface area contributed by atoms with Crippen molar-refractivity contribution >= 4 is 18.3 Å². The SMILES string of the molecule is C[C@H](N)C(=O)NCCc1ccccc1F.Cl. The first-order valence-corrected chi connectivity index (χ1v) is 4.88. The molecule has 0 saturated carbocycles. The number of nitrogens with two attached hydrogens (primary N) is 1. The van der Waals surface area contributed by atoms with Crippen molar-refractivity contribution < 1.29 is 9.18 Å². The van der Waals surface area contributed by atoms with E-state index in [0.29, 0.717) is 18.5 Å². The largest absolute Gasteiger partial charge is 0.354 e. The first-order valence-electron chi connectivity index (χ1n) is 4.88. The zero-order chi connectivity index (χ0) is 11.3. The Kier molecular flexibility index (Phi) is 6.69. The number of hydrogen-bond acceptors (Lipinski definition) is 2. The number of benzene rings is 1. The van der Waals surface area contributed by atoms with Crippen LogP contribution in [0.5, 0.6) is 0 Å². The molecule has 90 valence electrons. The second-order valence-electron chi connectivity index (χ2n) is 3.42. The highest BCUT2D eigenvalue weighted by molar-refractivity contribution is 5.85. The fraction of sp³-hybridized carbons (Fsp3) is 0.364. The quantitative estimate of drug-likeness (QED) is 0.840. The van der Waals surface area contributed by atoms with Crippen LogP contribution in [0.1, 0.15) is 12.5 Å². The van der Waals surface area contributed by atoms with E-state index < -0.39 is 6.04 Å². The lowest BCUT2D eigenvalue weighted by Crippen LogP contribution is -2.39. The maximum atomic E-state index is 13.1. The molecule has 0 bridgehead atoms. The molecule has 5 heteroatoms. The van der Waals surface area contributed by atoms with Crippen LogP contribution in [0.2, 0.25) is 0 Å². The first-order chi connectivity index (χ1) is 7.11. The zero-order valence-corrected chi connectivity index (χ0v) is 9.89. The van der Waals surface area contributed by atoms with E-state index in [1.165, 1.54) is 6.07 Å². The van der Waals surface area contributed by atoms with Gasteiger partial charge in [0.1, 0.15) is 5.82 Å². The van der Waals surface area contributed by atoms with E-state index in [0.717, 1.165) is 0 Å². The molecule has 0 aliphatic carbocycles. The third-order valence-corrected chi connectivity index (χ3v) is 2.06. The Labute approximate surface area is 101 Å². The second kappa shape index (κ2) is 7.19. The first kappa shape index (κ1) is 14.9. The lowest BCUT2D eigenvalue weighted by molar-refractivity contribution is -0.121. The molecular formula is C11H16ClFN2O. The molecule has 1 rings (SSSR count). The van der Waals surface area contributed by atoms with Gasteiger partial charge in [-0.15, -0.1) is 12.4 Å². The van der Waals surface area contributed by atoms with E-state index in [1.54, 1.807) is 25.1 Å². The molecule has 0 heterocycles. The van der Waals surface area contributed by atoms with Crippen LogP contribution in [0.15, 0.2) is 24.3 Å². The van der Waals surface area contributed by atoms with Gasteiger partial charge in [-0.2, -0.15) is 0 Å². The van der Waals surface area contributed by atoms with Crippen molar-refractivity contribution in [3.8, 4) is 0 Å². The van der Waals surface area contributed by atoms with Gasteiger partial charge in [-0.1, -0.05) is 18.2 Å². The van der Waals surface area contributed by atoms with Crippen LogP contribution < -0.4 is 11.1 Å². The van der Waals surface area contributed by atoms with Crippen molar-refractivity contribution in [1.82, 2.24) is 5.32 Å². The number of nitrogens with one attached hydrogen (secondary N) is 1. The molecule has 0 aromatic heterocycles. The monoisotopic (exact) mass is 246 g/mol. The van der Waals surface area contributed by atoms with Crippen LogP contribution >= 0.6 is 12.4 Å². The molecule has 1 atom stereocenters. The molecule has 1 aromatic carbocycles. The van der Waals surface area contributed by atoms with Gasteiger partial charge < -0.3 is 11.1 Å². The van der Waals surface area contributed by atoms with Gasteiger partial charge in [0, 0.05) is 6.54 Å². The lowest BCUT2D eigenvalue weighted by Gasteiger charge is -2.07. The normalized spacial score (nSPS) is 11.4. The molecular weight excluding hydrogens is 231 g/mol. The molecule has 0 aliphatic rings. The molecule has 0 aliphatic heterocycles. The third kappa shape index (κ3) is 4.59. The summed E-state index contributed by atoms with van der Waals surface area (Å²) in [5, 5.41) is 2.63. The van der Waals surface area contributed by atoms with Gasteiger partial charge in [-0.3, -0.25) is 4.79 Å². The van der Waals surface area contributed by atoms with Crippen LogP contribution in [0.3, 0.4) is 0 Å². The summed E-state index contributed by atoms with van der Waals surface area (Å²) in [7, 11) is 0. The number of rotatable bonds is 4. The Bertz CT molecular complexity index is 345. The number of halogens is 2. The summed E-state index contributed by atoms with van der Waals surface area (Å²) >= 11 is 0. The van der Waals surface area contributed by atoms with Gasteiger partial charge in [-0.05, 0) is 25.0 Å². The van der Waals surface area contributed by atoms with Crippen LogP contribution in [0.25, 0.3) is 0 Å². The van der Waals surface area contributed by atoms with E-state index in [1.807, 2.05) is 0 Å². The molecule has 3 nitrogen and oxygen atoms in total. The third-order valence-electron chi connectivity index (χ3n) is 2.06. The molecule has 0 saturated heterocycles. The summed E-state index contributed by atoms with van der Waals surface area (Å²) in [6.45, 7) is 2.01. The summed E-state index contributed by atoms with van der Waals surface area (Å²) < 4.78 is 13.1. The van der Waals surface area contributed by atoms with E-state index in [2.05, 4.69) is 5.32 Å². The van der Waals surface area contributed by atoms with Crippen LogP contribution in [0.4, 0.5) is 4.39 Å². The minimum atomic E-state index is -0.523. The maximum Gasteiger partial charge on any atom is 0.236 e. The Hall–Kier alpha value is -1.13. The van der Waals surface area contributed by atoms with E-state index in [-0.39, 0.29) is 24.1 Å². The Morgan fingerprint density at radius 2 is 2.12 bits per heavy atom. The van der Waals surface area contributed by atoms with Gasteiger partial charge >= 0.3 is 0 Å². The van der Waals surface area contributed by atoms with Crippen LogP contribution in [-0.4, -0.2) is 18.5 Å². The predicted molar refractivity (Wildman–Crippen MR) is 64.0 cm³/mol. The average Bonchev–Trinajstić information content (AvgIpc) is 2.20. The molecule has 0 fully saturated rings. The second-order valence-corrected chi connectivity index (χ2v) is 3.42. The summed E-state index contributed by atoms with van der Waals surface area (Å²) in [5.74, 6) is -0.459. The van der Waals surface area contributed by atoms with Gasteiger partial charge in [0.05, 0.1) is 6.04 Å². The Morgan fingerprint density at radius 3 is 2.69 bits per heavy atom. The minimum absolute atomic E-state index is 0. The zero-order valence-electron chi connectivity index (χ0n) is 9.07. The molecule has 1 aromatic rings. The summed E-state index contributed by atoms with van der Waals surface area (Å²) in [6.07, 6.45) is 0.477. The van der Waals surface area contributed by atoms with Crippen molar-refractivity contribution in [2.75, 3.05) is 6.54 Å². The van der Waals surface area contributed by atoms with Gasteiger partial charge in [0.25, 0.3) is 0 Å². The summed E-state index contributed by atoms with van der Waals surface area (Å²) in [6, 6.07) is 5.99. The average molecular weight is 247 g/mol. The number of carbonyl (C=O) groups is 1. The van der Waals surface area contributed by atoms with Crippen LogP contribution in [0, 0.1) is 5.82 Å². The predicted octanol–water partition coefficient (Wildman–Crippen LogP) is 1.25. The minimum Gasteiger partial charge on any atom is -0.354 e. The molecule has 0 unspecified atom stereocenters. The topological polar surface area (TPSA) is 55.1 Å². The van der Waals surface area contributed by atoms with Crippen molar-refractivity contribution in [2.24, 2.45) is 5.73 Å². The van der Waals surface area contributed by atoms with E-state index in [4.69, 9.17) is 5.73 Å². The number of amides is 1. The summed E-state index contributed by atoms with van der Waals surface area (Å²) in [4.78, 5) is 11.1. The maximum absolute atomic E-state index is 13.1. The van der Waals surface area contributed by atoms with E-state index >= 15 is 0 Å². The smallest absolute Gasteiger partial charge is 0.236 e. The molecule has 3 N–H and O–H groups in total. The standard InChI is InChI=1S/C11H15FN2O.ClH/c1-8(13)11(15)14-7-6-9-4-2-3-5-10(9)12;/h2-5,8H,6-7,13H2,1H3,(H,14,15);1H/t8-;/m0./s1. The molecule has 0 radical (unpaired) electrons. The van der Waals surface area contributed by atoms with Gasteiger partial charge in [0.2, 0.25) is 5.91 Å². The Balaban J connectivity index is 0.00000225. The van der Waals surface area contributed by atoms with Crippen molar-refractivity contribution in [3.05, 3.63) is 35.6 Å². The fourth-order valence-corrected chi connectivity index (χ4v) is 1.18. The summed E-state index contributed by atoms with van der Waals surface area (Å²) in [5.41, 5.74) is 5.96. The highest BCUT2D eigenvalue weighted by Crippen LogP contribution is 2.05. The molecule has 16 heavy (non-hydrogen) atoms. The number of hydrogen-bond donors (Lipinski definition) is 2. The van der Waals surface area contributed by atoms with E-state index in [9.17, 15) is 9.18 Å². The highest BCUT2D eigenvalue weighted by atomic mass is 35.5. The Morgan fingerprint density at radius 1 is 1.50 bits per heavy atom. The van der Waals surface area contributed by atoms with Crippen molar-refractivity contribution in [2.45, 2.75) is 19.4 Å². The van der Waals surface area contributed by atoms with Crippen molar-refractivity contribution in [1.29, 1.82) is 0 Å². The molecule has 1 amide bonds. The van der Waals surface area contributed by atoms with Gasteiger partial charge in [-0.25, -0.2) is 4.39 Å². The van der Waals surface area contributed by atoms with Crippen molar-refractivity contribution in [3.63, 3.8) is 0 Å². The lowest BCUT2D eigenvalue weighted by atomic mass is 10.1. The van der Waals surface area contributed by atoms with Crippen LogP contribution in [-0.2, 0) is 11.2 Å². The highest BCUT2D eigenvalue weighted by Gasteiger charge is 2.06. The number of carbonyl (C=O) groups excluding carboxylic acids is 1. The molecule has 0 spiro atoms. The fourth-order valence-electron chi connectivity index (χ4n) is 1.18. The van der Waals surface area contributed by atoms with Gasteiger partial charge in [0.15, 0.2) is 0 Å².